The van der Waals surface area contributed by atoms with Crippen molar-refractivity contribution in [2.45, 2.75) is 6.92 Å². The van der Waals surface area contributed by atoms with E-state index >= 15 is 0 Å². The van der Waals surface area contributed by atoms with Crippen molar-refractivity contribution in [2.75, 3.05) is 17.7 Å². The van der Waals surface area contributed by atoms with Crippen LogP contribution in [0.1, 0.15) is 22.8 Å². The van der Waals surface area contributed by atoms with Gasteiger partial charge in [-0.25, -0.2) is 4.79 Å². The first-order valence-corrected chi connectivity index (χ1v) is 8.64. The van der Waals surface area contributed by atoms with Crippen LogP contribution in [-0.2, 0) is 4.79 Å². The largest absolute Gasteiger partial charge is 0.478 e. The molecule has 0 atom stereocenters. The number of aliphatic imine (C=N–C) groups is 1. The highest BCUT2D eigenvalue weighted by Crippen LogP contribution is 2.36. The Balaban J connectivity index is 1.93. The van der Waals surface area contributed by atoms with E-state index in [9.17, 15) is 14.7 Å². The van der Waals surface area contributed by atoms with Gasteiger partial charge in [0.15, 0.2) is 5.17 Å². The summed E-state index contributed by atoms with van der Waals surface area (Å²) in [5.74, 6) is -1.38. The predicted octanol–water partition coefficient (Wildman–Crippen LogP) is 3.46. The Labute approximate surface area is 155 Å². The van der Waals surface area contributed by atoms with Gasteiger partial charge in [0.2, 0.25) is 0 Å². The molecule has 3 N–H and O–H groups in total. The van der Waals surface area contributed by atoms with E-state index in [0.717, 1.165) is 11.1 Å². The number of benzene rings is 2. The average Bonchev–Trinajstić information content (AvgIpc) is 3.02. The molecular weight excluding hydrogens is 350 g/mol. The summed E-state index contributed by atoms with van der Waals surface area (Å²) in [7, 11) is 1.69. The molecule has 1 amide bonds. The maximum absolute atomic E-state index is 12.4. The first-order valence-electron chi connectivity index (χ1n) is 7.82. The lowest BCUT2D eigenvalue weighted by molar-refractivity contribution is -0.113. The summed E-state index contributed by atoms with van der Waals surface area (Å²) >= 11 is 1.22. The summed E-state index contributed by atoms with van der Waals surface area (Å²) in [4.78, 5) is 30.1. The number of carboxylic acid groups (broad SMARTS) is 1. The molecule has 0 aromatic heterocycles. The van der Waals surface area contributed by atoms with Crippen molar-refractivity contribution in [3.8, 4) is 0 Å². The van der Waals surface area contributed by atoms with Gasteiger partial charge in [-0.2, -0.15) is 4.99 Å². The third-order valence-electron chi connectivity index (χ3n) is 4.03. The number of hydrogen-bond donors (Lipinski definition) is 2. The van der Waals surface area contributed by atoms with E-state index in [4.69, 9.17) is 5.73 Å². The molecule has 6 nitrogen and oxygen atoms in total. The lowest BCUT2D eigenvalue weighted by atomic mass is 10.1. The molecule has 0 aliphatic carbocycles. The van der Waals surface area contributed by atoms with Crippen LogP contribution in [0.4, 0.5) is 11.4 Å². The Morgan fingerprint density at radius 1 is 1.19 bits per heavy atom. The van der Waals surface area contributed by atoms with Crippen molar-refractivity contribution < 1.29 is 14.7 Å². The predicted molar refractivity (Wildman–Crippen MR) is 105 cm³/mol. The van der Waals surface area contributed by atoms with Gasteiger partial charge in [0, 0.05) is 12.7 Å². The summed E-state index contributed by atoms with van der Waals surface area (Å²) < 4.78 is 0. The van der Waals surface area contributed by atoms with Gasteiger partial charge in [0.1, 0.15) is 0 Å². The van der Waals surface area contributed by atoms with Crippen LogP contribution in [0, 0.1) is 0 Å². The number of para-hydroxylation sites is 1. The first-order chi connectivity index (χ1) is 12.4. The summed E-state index contributed by atoms with van der Waals surface area (Å²) in [6, 6.07) is 13.9. The minimum atomic E-state index is -1.03. The average molecular weight is 367 g/mol. The number of nitrogen functional groups attached to an aromatic ring is 1. The Morgan fingerprint density at radius 3 is 2.62 bits per heavy atom. The van der Waals surface area contributed by atoms with Crippen molar-refractivity contribution in [2.24, 2.45) is 4.99 Å². The maximum Gasteiger partial charge on any atom is 0.337 e. The molecule has 132 valence electrons. The highest BCUT2D eigenvalue weighted by molar-refractivity contribution is 8.18. The molecule has 0 radical (unpaired) electrons. The van der Waals surface area contributed by atoms with Crippen LogP contribution in [0.3, 0.4) is 0 Å². The van der Waals surface area contributed by atoms with Crippen LogP contribution in [0.15, 0.2) is 58.4 Å². The standard InChI is InChI=1S/C19H17N3O3S/c1-11(12-6-5-7-13(20)10-12)16-17(23)21-19(26-16)22(2)15-9-4-3-8-14(15)18(24)25/h3-10H,20H2,1-2H3,(H,24,25)/b16-11-. The van der Waals surface area contributed by atoms with Crippen LogP contribution < -0.4 is 10.6 Å². The summed E-state index contributed by atoms with van der Waals surface area (Å²) in [6.45, 7) is 1.85. The van der Waals surface area contributed by atoms with Crippen LogP contribution in [0.5, 0.6) is 0 Å². The number of thioether (sulfide) groups is 1. The van der Waals surface area contributed by atoms with Crippen LogP contribution in [0.2, 0.25) is 0 Å². The number of aromatic carboxylic acids is 1. The highest BCUT2D eigenvalue weighted by atomic mass is 32.2. The number of rotatable bonds is 3. The topological polar surface area (TPSA) is 96.0 Å². The van der Waals surface area contributed by atoms with Gasteiger partial charge in [-0.05, 0) is 54.1 Å². The minimum Gasteiger partial charge on any atom is -0.478 e. The van der Waals surface area contributed by atoms with Gasteiger partial charge in [0.25, 0.3) is 5.91 Å². The summed E-state index contributed by atoms with van der Waals surface area (Å²) in [5, 5.41) is 9.80. The molecule has 7 heteroatoms. The molecule has 0 saturated carbocycles. The molecule has 0 saturated heterocycles. The smallest absolute Gasteiger partial charge is 0.337 e. The quantitative estimate of drug-likeness (QED) is 0.637. The SMILES string of the molecule is C/C(=C1/SC(N(C)c2ccccc2C(=O)O)=NC1=O)c1cccc(N)c1. The summed E-state index contributed by atoms with van der Waals surface area (Å²) in [5.41, 5.74) is 8.70. The Bertz CT molecular complexity index is 966. The monoisotopic (exact) mass is 367 g/mol. The van der Waals surface area contributed by atoms with E-state index in [1.807, 2.05) is 19.1 Å². The molecule has 26 heavy (non-hydrogen) atoms. The fourth-order valence-corrected chi connectivity index (χ4v) is 3.58. The third-order valence-corrected chi connectivity index (χ3v) is 5.26. The molecule has 1 aliphatic heterocycles. The number of nitrogens with two attached hydrogens (primary N) is 1. The Kier molecular flexibility index (Phi) is 4.81. The number of amidine groups is 1. The van der Waals surface area contributed by atoms with Crippen LogP contribution in [-0.4, -0.2) is 29.2 Å². The van der Waals surface area contributed by atoms with Gasteiger partial charge < -0.3 is 15.7 Å². The van der Waals surface area contributed by atoms with E-state index in [-0.39, 0.29) is 11.5 Å². The van der Waals surface area contributed by atoms with E-state index in [1.54, 1.807) is 42.3 Å². The van der Waals surface area contributed by atoms with E-state index in [0.29, 0.717) is 21.4 Å². The molecule has 0 spiro atoms. The molecular formula is C19H17N3O3S. The number of carbonyl (C=O) groups is 2. The van der Waals surface area contributed by atoms with Crippen LogP contribution >= 0.6 is 11.8 Å². The van der Waals surface area contributed by atoms with Crippen molar-refractivity contribution in [1.29, 1.82) is 0 Å². The minimum absolute atomic E-state index is 0.149. The Hall–Kier alpha value is -3.06. The van der Waals surface area contributed by atoms with Gasteiger partial charge >= 0.3 is 5.97 Å². The highest BCUT2D eigenvalue weighted by Gasteiger charge is 2.28. The lowest BCUT2D eigenvalue weighted by Crippen LogP contribution is -2.24. The normalized spacial score (nSPS) is 15.6. The van der Waals surface area contributed by atoms with E-state index in [1.165, 1.54) is 17.8 Å². The van der Waals surface area contributed by atoms with Gasteiger partial charge in [0.05, 0.1) is 16.2 Å². The van der Waals surface area contributed by atoms with Crippen molar-refractivity contribution in [3.05, 3.63) is 64.6 Å². The number of carbonyl (C=O) groups excluding carboxylic acids is 1. The van der Waals surface area contributed by atoms with Crippen molar-refractivity contribution in [1.82, 2.24) is 0 Å². The first kappa shape index (κ1) is 17.8. The third kappa shape index (κ3) is 3.34. The molecule has 1 heterocycles. The summed E-state index contributed by atoms with van der Waals surface area (Å²) in [6.07, 6.45) is 0. The Morgan fingerprint density at radius 2 is 1.92 bits per heavy atom. The van der Waals surface area contributed by atoms with Gasteiger partial charge in [-0.3, -0.25) is 4.79 Å². The zero-order valence-electron chi connectivity index (χ0n) is 14.3. The number of amides is 1. The molecule has 0 unspecified atom stereocenters. The van der Waals surface area contributed by atoms with E-state index < -0.39 is 5.97 Å². The van der Waals surface area contributed by atoms with Crippen molar-refractivity contribution >= 4 is 45.8 Å². The zero-order chi connectivity index (χ0) is 18.8. The fourth-order valence-electron chi connectivity index (χ4n) is 2.63. The van der Waals surface area contributed by atoms with Crippen LogP contribution in [0.25, 0.3) is 5.57 Å². The second-order valence-electron chi connectivity index (χ2n) is 5.76. The lowest BCUT2D eigenvalue weighted by Gasteiger charge is -2.19. The molecule has 2 aromatic carbocycles. The number of allylic oxidation sites excluding steroid dienone is 1. The van der Waals surface area contributed by atoms with Gasteiger partial charge in [-0.15, -0.1) is 0 Å². The number of anilines is 2. The molecule has 2 aromatic rings. The molecule has 1 aliphatic rings. The molecule has 3 rings (SSSR count). The maximum atomic E-state index is 12.4. The number of hydrogen-bond acceptors (Lipinski definition) is 5. The number of carboxylic acids is 1. The van der Waals surface area contributed by atoms with E-state index in [2.05, 4.69) is 4.99 Å². The molecule has 0 bridgehead atoms. The second-order valence-corrected chi connectivity index (χ2v) is 6.74. The zero-order valence-corrected chi connectivity index (χ0v) is 15.1. The molecule has 0 fully saturated rings. The van der Waals surface area contributed by atoms with Crippen molar-refractivity contribution in [3.63, 3.8) is 0 Å². The number of nitrogens with zero attached hydrogens (tertiary/aromatic N) is 2. The van der Waals surface area contributed by atoms with Gasteiger partial charge in [-0.1, -0.05) is 24.3 Å². The fraction of sp³-hybridized carbons (Fsp3) is 0.105. The second kappa shape index (κ2) is 7.05.